The molecule has 1 aliphatic rings. The molecule has 1 aliphatic heterocycles. The third-order valence-corrected chi connectivity index (χ3v) is 0.437. The minimum Gasteiger partial charge on any atom is -0.379 e. The largest absolute Gasteiger partial charge is 0.379 e. The van der Waals surface area contributed by atoms with Gasteiger partial charge in [-0.25, -0.2) is 0 Å². The maximum absolute atomic E-state index is 7.14. The predicted octanol–water partition coefficient (Wildman–Crippen LogP) is -0.350. The fourth-order valence-corrected chi connectivity index (χ4v) is 0.225. The van der Waals surface area contributed by atoms with Crippen molar-refractivity contribution < 1.29 is 6.94 Å². The monoisotopic (exact) mass is 89.1 g/mol. The zero-order chi connectivity index (χ0) is 8.65. The van der Waals surface area contributed by atoms with E-state index in [4.69, 9.17) is 6.94 Å². The normalized spacial score (nSPS) is 57.7. The summed E-state index contributed by atoms with van der Waals surface area (Å²) in [5.41, 5.74) is 0. The Morgan fingerprint density at radius 3 is 3.83 bits per heavy atom. The van der Waals surface area contributed by atoms with Gasteiger partial charge in [0.25, 0.3) is 0 Å². The molecule has 34 valence electrons. The van der Waals surface area contributed by atoms with Gasteiger partial charge in [-0.05, 0) is 6.20 Å². The average Bonchev–Trinajstić information content (AvgIpc) is 1.95. The summed E-state index contributed by atoms with van der Waals surface area (Å²) in [6.45, 7) is -3.24. The standard InChI is InChI=1S/C4H8N2/c1-2-5-4-6-3-1/h1-2,5-6H,3-4H2/i3D,4D2/hD2. The second kappa shape index (κ2) is 1.82. The first kappa shape index (κ1) is 1.01. The third kappa shape index (κ3) is 0.723. The van der Waals surface area contributed by atoms with Crippen LogP contribution < -0.4 is 10.6 Å². The molecule has 0 saturated carbocycles. The van der Waals surface area contributed by atoms with E-state index in [-0.39, 0.29) is 0 Å². The van der Waals surface area contributed by atoms with Crippen molar-refractivity contribution in [2.45, 2.75) is 0 Å². The topological polar surface area (TPSA) is 24.1 Å². The number of hydrogen-bond donors (Lipinski definition) is 2. The first-order valence-electron chi connectivity index (χ1n) is 4.10. The molecule has 1 heterocycles. The lowest BCUT2D eigenvalue weighted by Gasteiger charge is -2.05. The van der Waals surface area contributed by atoms with Crippen LogP contribution in [-0.2, 0) is 0 Å². The van der Waals surface area contributed by atoms with Crippen molar-refractivity contribution in [2.75, 3.05) is 13.1 Å². The van der Waals surface area contributed by atoms with Crippen LogP contribution in [0.2, 0.25) is 2.82 Å². The Morgan fingerprint density at radius 2 is 3.00 bits per heavy atom. The summed E-state index contributed by atoms with van der Waals surface area (Å²) in [7, 11) is 0. The molecule has 0 aliphatic carbocycles. The van der Waals surface area contributed by atoms with Crippen molar-refractivity contribution in [3.05, 3.63) is 12.3 Å². The smallest absolute Gasteiger partial charge is 0.161 e. The summed E-state index contributed by atoms with van der Waals surface area (Å²) in [4.78, 5) is 0. The molecule has 1 unspecified atom stereocenters. The summed E-state index contributed by atoms with van der Waals surface area (Å²) in [6, 6.07) is 0. The molecule has 0 bridgehead atoms. The summed E-state index contributed by atoms with van der Waals surface area (Å²) in [5, 5.41) is 0.922. The molecule has 0 aromatic rings. The van der Waals surface area contributed by atoms with E-state index in [1.165, 1.54) is 6.08 Å². The third-order valence-electron chi connectivity index (χ3n) is 0.437. The molecule has 0 spiro atoms. The maximum atomic E-state index is 7.14. The lowest BCUT2D eigenvalue weighted by molar-refractivity contribution is 0.669. The van der Waals surface area contributed by atoms with Crippen LogP contribution >= 0.6 is 0 Å². The highest BCUT2D eigenvalue weighted by Crippen LogP contribution is 1.68. The van der Waals surface area contributed by atoms with E-state index in [1.807, 2.05) is 0 Å². The predicted molar refractivity (Wildman–Crippen MR) is 25.1 cm³/mol. The minimum atomic E-state index is -2.21. The van der Waals surface area contributed by atoms with Gasteiger partial charge in [0, 0.05) is 7.89 Å². The van der Waals surface area contributed by atoms with Gasteiger partial charge in [-0.1, -0.05) is 6.08 Å². The van der Waals surface area contributed by atoms with Crippen LogP contribution in [0.15, 0.2) is 12.3 Å². The maximum Gasteiger partial charge on any atom is 0.161 e. The van der Waals surface area contributed by atoms with Gasteiger partial charge in [0.1, 0.15) is 1.41 Å². The Bertz CT molecular complexity index is 181. The SMILES string of the molecule is [2H]C1C=CN([2H])C([2H])([2H])N1[2H]. The van der Waals surface area contributed by atoms with Gasteiger partial charge in [-0.2, -0.15) is 0 Å². The molecule has 1 rings (SSSR count). The van der Waals surface area contributed by atoms with Gasteiger partial charge in [-0.15, -0.1) is 0 Å². The highest BCUT2D eigenvalue weighted by Gasteiger charge is 1.81. The van der Waals surface area contributed by atoms with E-state index in [9.17, 15) is 0 Å². The van der Waals surface area contributed by atoms with Crippen LogP contribution in [0, 0.1) is 0 Å². The highest BCUT2D eigenvalue weighted by molar-refractivity contribution is 4.84. The molecule has 0 amide bonds. The van der Waals surface area contributed by atoms with Crippen LogP contribution in [-0.4, -0.2) is 13.1 Å². The molecule has 0 saturated heterocycles. The molecule has 2 N–H and O–H groups in total. The molecule has 2 nitrogen and oxygen atoms in total. The molecule has 0 aromatic heterocycles. The quantitative estimate of drug-likeness (QED) is 0.424. The van der Waals surface area contributed by atoms with Gasteiger partial charge >= 0.3 is 0 Å². The molecule has 2 heteroatoms. The molecule has 0 fully saturated rings. The first-order chi connectivity index (χ1) is 4.96. The van der Waals surface area contributed by atoms with Crippen LogP contribution in [0.3, 0.4) is 0 Å². The van der Waals surface area contributed by atoms with Crippen molar-refractivity contribution in [2.24, 2.45) is 0 Å². The van der Waals surface area contributed by atoms with Gasteiger partial charge in [-0.3, -0.25) is 5.31 Å². The summed E-state index contributed by atoms with van der Waals surface area (Å²) in [6.07, 6.45) is 2.41. The minimum absolute atomic E-state index is 0.417. The molecule has 0 aromatic carbocycles. The molecular weight excluding hydrogens is 76.1 g/mol. The Morgan fingerprint density at radius 1 is 2.00 bits per heavy atom. The van der Waals surface area contributed by atoms with Crippen LogP contribution in [0.4, 0.5) is 0 Å². The summed E-state index contributed by atoms with van der Waals surface area (Å²) in [5.74, 6) is 0. The first-order valence-corrected chi connectivity index (χ1v) is 1.63. The zero-order valence-corrected chi connectivity index (χ0v) is 3.13. The van der Waals surface area contributed by atoms with E-state index < -0.39 is 13.1 Å². The zero-order valence-electron chi connectivity index (χ0n) is 8.13. The van der Waals surface area contributed by atoms with Crippen molar-refractivity contribution in [3.63, 3.8) is 0 Å². The second-order valence-electron chi connectivity index (χ2n) is 0.849. The fraction of sp³-hybridized carbons (Fsp3) is 0.500. The number of hydrogen-bond acceptors (Lipinski definition) is 2. The van der Waals surface area contributed by atoms with Gasteiger partial charge in [0.15, 0.2) is 1.41 Å². The molecular formula is C4H8N2. The lowest BCUT2D eigenvalue weighted by Crippen LogP contribution is -2.29. The van der Waals surface area contributed by atoms with Crippen LogP contribution in [0.1, 0.15) is 4.11 Å². The van der Waals surface area contributed by atoms with Crippen molar-refractivity contribution >= 4 is 0 Å². The van der Waals surface area contributed by atoms with Crippen LogP contribution in [0.5, 0.6) is 0 Å². The number of nitrogens with one attached hydrogen (secondary N) is 2. The fourth-order valence-electron chi connectivity index (χ4n) is 0.225. The van der Waals surface area contributed by atoms with E-state index in [1.54, 1.807) is 0 Å². The molecule has 1 atom stereocenters. The Balaban J connectivity index is 2.88. The summed E-state index contributed by atoms with van der Waals surface area (Å²) < 4.78 is 35.5. The van der Waals surface area contributed by atoms with Gasteiger partial charge < -0.3 is 5.31 Å². The van der Waals surface area contributed by atoms with Crippen LogP contribution in [0.25, 0.3) is 0 Å². The molecule has 0 radical (unpaired) electrons. The molecule has 6 heavy (non-hydrogen) atoms. The second-order valence-corrected chi connectivity index (χ2v) is 0.849. The van der Waals surface area contributed by atoms with Gasteiger partial charge in [0.2, 0.25) is 0 Å². The van der Waals surface area contributed by atoms with Gasteiger partial charge in [0.05, 0.1) is 9.36 Å². The average molecular weight is 89.2 g/mol. The van der Waals surface area contributed by atoms with E-state index >= 15 is 0 Å². The van der Waals surface area contributed by atoms with E-state index in [2.05, 4.69) is 0 Å². The van der Waals surface area contributed by atoms with E-state index in [0.29, 0.717) is 10.6 Å². The number of rotatable bonds is 0. The van der Waals surface area contributed by atoms with Crippen molar-refractivity contribution in [1.82, 2.24) is 10.6 Å². The highest BCUT2D eigenvalue weighted by atomic mass is 15.1. The summed E-state index contributed by atoms with van der Waals surface area (Å²) >= 11 is 0. The Hall–Kier alpha value is -0.500. The Labute approximate surface area is 44.4 Å². The van der Waals surface area contributed by atoms with Crippen molar-refractivity contribution in [1.29, 1.82) is 0 Å². The lowest BCUT2D eigenvalue weighted by atomic mass is 10.5. The van der Waals surface area contributed by atoms with E-state index in [0.717, 1.165) is 6.20 Å². The van der Waals surface area contributed by atoms with Crippen molar-refractivity contribution in [3.8, 4) is 0 Å². The Kier molecular flexibility index (Phi) is 0.307.